The molecule has 2 aromatic heterocycles. The van der Waals surface area contributed by atoms with Crippen LogP contribution in [0.3, 0.4) is 0 Å². The fraction of sp³-hybridized carbons (Fsp3) is 0.400. The van der Waals surface area contributed by atoms with Crippen molar-refractivity contribution >= 4 is 33.5 Å². The van der Waals surface area contributed by atoms with E-state index >= 15 is 0 Å². The molecule has 0 radical (unpaired) electrons. The summed E-state index contributed by atoms with van der Waals surface area (Å²) in [5.41, 5.74) is 1.07. The van der Waals surface area contributed by atoms with E-state index in [1.807, 2.05) is 12.1 Å². The van der Waals surface area contributed by atoms with Crippen LogP contribution in [0, 0.1) is 6.92 Å². The van der Waals surface area contributed by atoms with Gasteiger partial charge in [-0.05, 0) is 53.2 Å². The van der Waals surface area contributed by atoms with Crippen molar-refractivity contribution in [3.63, 3.8) is 0 Å². The summed E-state index contributed by atoms with van der Waals surface area (Å²) in [7, 11) is 0. The molecule has 0 spiro atoms. The quantitative estimate of drug-likeness (QED) is 0.763. The van der Waals surface area contributed by atoms with Crippen LogP contribution in [0.1, 0.15) is 31.7 Å². The van der Waals surface area contributed by atoms with Gasteiger partial charge in [-0.1, -0.05) is 13.8 Å². The van der Waals surface area contributed by atoms with Crippen LogP contribution in [0.5, 0.6) is 0 Å². The summed E-state index contributed by atoms with van der Waals surface area (Å²) in [4.78, 5) is 13.6. The van der Waals surface area contributed by atoms with E-state index in [2.05, 4.69) is 57.0 Å². The molecule has 0 aliphatic heterocycles. The first-order valence-corrected chi connectivity index (χ1v) is 8.66. The predicted molar refractivity (Wildman–Crippen MR) is 91.0 cm³/mol. The van der Waals surface area contributed by atoms with E-state index < -0.39 is 0 Å². The lowest BCUT2D eigenvalue weighted by Crippen LogP contribution is -2.08. The maximum atomic E-state index is 4.65. The number of nitrogens with one attached hydrogen (secondary N) is 1. The average molecular weight is 367 g/mol. The Bertz CT molecular complexity index is 619. The lowest BCUT2D eigenvalue weighted by atomic mass is 10.3. The molecule has 4 nitrogen and oxygen atoms in total. The highest BCUT2D eigenvalue weighted by Gasteiger charge is 2.13. The molecule has 0 aliphatic rings. The van der Waals surface area contributed by atoms with Crippen LogP contribution in [0.25, 0.3) is 0 Å². The number of aryl methyl sites for hydroxylation is 1. The Morgan fingerprint density at radius 2 is 2.05 bits per heavy atom. The van der Waals surface area contributed by atoms with Crippen LogP contribution in [0.2, 0.25) is 0 Å². The highest BCUT2D eigenvalue weighted by Crippen LogP contribution is 2.34. The minimum atomic E-state index is 0.817. The maximum absolute atomic E-state index is 4.65. The summed E-state index contributed by atoms with van der Waals surface area (Å²) < 4.78 is 0.981. The molecule has 2 rings (SSSR count). The van der Waals surface area contributed by atoms with Crippen LogP contribution in [-0.2, 0) is 6.42 Å². The van der Waals surface area contributed by atoms with Crippen molar-refractivity contribution in [1.29, 1.82) is 0 Å². The van der Waals surface area contributed by atoms with Crippen molar-refractivity contribution < 1.29 is 0 Å². The highest BCUT2D eigenvalue weighted by molar-refractivity contribution is 9.10. The smallest absolute Gasteiger partial charge is 0.133 e. The SMILES string of the molecule is CCCNc1nc(CC)nc(Sc2ncccc2Br)c1C. The van der Waals surface area contributed by atoms with Gasteiger partial charge in [-0.15, -0.1) is 0 Å². The third kappa shape index (κ3) is 4.17. The van der Waals surface area contributed by atoms with E-state index in [4.69, 9.17) is 0 Å². The van der Waals surface area contributed by atoms with Crippen molar-refractivity contribution in [2.24, 2.45) is 0 Å². The van der Waals surface area contributed by atoms with Crippen LogP contribution in [0.15, 0.2) is 32.9 Å². The second kappa shape index (κ2) is 7.75. The number of anilines is 1. The second-order valence-corrected chi connectivity index (χ2v) is 6.42. The van der Waals surface area contributed by atoms with Gasteiger partial charge in [-0.2, -0.15) is 0 Å². The molecule has 0 aromatic carbocycles. The van der Waals surface area contributed by atoms with E-state index in [9.17, 15) is 0 Å². The van der Waals surface area contributed by atoms with Gasteiger partial charge in [0.15, 0.2) is 0 Å². The number of hydrogen-bond donors (Lipinski definition) is 1. The number of nitrogens with zero attached hydrogens (tertiary/aromatic N) is 3. The first-order chi connectivity index (χ1) is 10.2. The van der Waals surface area contributed by atoms with Crippen molar-refractivity contribution in [1.82, 2.24) is 15.0 Å². The molecular formula is C15H19BrN4S. The zero-order valence-corrected chi connectivity index (χ0v) is 14.9. The molecular weight excluding hydrogens is 348 g/mol. The molecule has 0 amide bonds. The largest absolute Gasteiger partial charge is 0.370 e. The molecule has 0 bridgehead atoms. The summed E-state index contributed by atoms with van der Waals surface area (Å²) in [6.45, 7) is 7.18. The number of aromatic nitrogens is 3. The van der Waals surface area contributed by atoms with Gasteiger partial charge in [0.25, 0.3) is 0 Å². The molecule has 0 aliphatic carbocycles. The number of halogens is 1. The molecule has 21 heavy (non-hydrogen) atoms. The van der Waals surface area contributed by atoms with Gasteiger partial charge >= 0.3 is 0 Å². The summed E-state index contributed by atoms with van der Waals surface area (Å²) in [6.07, 6.45) is 3.68. The van der Waals surface area contributed by atoms with Gasteiger partial charge in [-0.3, -0.25) is 0 Å². The molecule has 1 N–H and O–H groups in total. The molecule has 6 heteroatoms. The topological polar surface area (TPSA) is 50.7 Å². The normalized spacial score (nSPS) is 10.7. The Hall–Kier alpha value is -1.14. The van der Waals surface area contributed by atoms with Gasteiger partial charge < -0.3 is 5.32 Å². The number of rotatable bonds is 6. The fourth-order valence-corrected chi connectivity index (χ4v) is 3.11. The van der Waals surface area contributed by atoms with Crippen LogP contribution >= 0.6 is 27.7 Å². The van der Waals surface area contributed by atoms with Crippen LogP contribution in [-0.4, -0.2) is 21.5 Å². The van der Waals surface area contributed by atoms with Gasteiger partial charge in [0, 0.05) is 24.7 Å². The molecule has 0 fully saturated rings. The van der Waals surface area contributed by atoms with E-state index in [0.29, 0.717) is 0 Å². The summed E-state index contributed by atoms with van der Waals surface area (Å²) >= 11 is 5.10. The summed E-state index contributed by atoms with van der Waals surface area (Å²) in [5, 5.41) is 5.26. The monoisotopic (exact) mass is 366 g/mol. The van der Waals surface area contributed by atoms with Gasteiger partial charge in [0.2, 0.25) is 0 Å². The van der Waals surface area contributed by atoms with Gasteiger partial charge in [0.1, 0.15) is 21.7 Å². The molecule has 0 saturated heterocycles. The summed E-state index contributed by atoms with van der Waals surface area (Å²) in [5.74, 6) is 1.78. The summed E-state index contributed by atoms with van der Waals surface area (Å²) in [6, 6.07) is 3.90. The van der Waals surface area contributed by atoms with E-state index in [0.717, 1.165) is 51.1 Å². The Balaban J connectivity index is 2.35. The predicted octanol–water partition coefficient (Wildman–Crippen LogP) is 4.48. The third-order valence-electron chi connectivity index (χ3n) is 2.92. The van der Waals surface area contributed by atoms with Crippen LogP contribution in [0.4, 0.5) is 5.82 Å². The highest BCUT2D eigenvalue weighted by atomic mass is 79.9. The van der Waals surface area contributed by atoms with Gasteiger partial charge in [-0.25, -0.2) is 15.0 Å². The van der Waals surface area contributed by atoms with Crippen molar-refractivity contribution in [3.05, 3.63) is 34.2 Å². The zero-order chi connectivity index (χ0) is 15.2. The van der Waals surface area contributed by atoms with Crippen LogP contribution < -0.4 is 5.32 Å². The zero-order valence-electron chi connectivity index (χ0n) is 12.5. The Kier molecular flexibility index (Phi) is 5.99. The molecule has 112 valence electrons. The fourth-order valence-electron chi connectivity index (χ4n) is 1.75. The molecule has 2 aromatic rings. The van der Waals surface area contributed by atoms with E-state index in [1.165, 1.54) is 0 Å². The Morgan fingerprint density at radius 1 is 1.24 bits per heavy atom. The van der Waals surface area contributed by atoms with Crippen molar-refractivity contribution in [3.8, 4) is 0 Å². The lowest BCUT2D eigenvalue weighted by Gasteiger charge is -2.13. The Morgan fingerprint density at radius 3 is 2.71 bits per heavy atom. The van der Waals surface area contributed by atoms with Crippen molar-refractivity contribution in [2.45, 2.75) is 43.7 Å². The maximum Gasteiger partial charge on any atom is 0.133 e. The van der Waals surface area contributed by atoms with Crippen molar-refractivity contribution in [2.75, 3.05) is 11.9 Å². The lowest BCUT2D eigenvalue weighted by molar-refractivity contribution is 0.860. The number of pyridine rings is 1. The minimum Gasteiger partial charge on any atom is -0.370 e. The third-order valence-corrected chi connectivity index (χ3v) is 4.94. The standard InChI is InChI=1S/C15H19BrN4S/c1-4-8-17-13-10(3)14(20-12(5-2)19-13)21-15-11(16)7-6-9-18-15/h6-7,9H,4-5,8H2,1-3H3,(H,17,19,20). The minimum absolute atomic E-state index is 0.817. The Labute approximate surface area is 138 Å². The average Bonchev–Trinajstić information content (AvgIpc) is 2.50. The van der Waals surface area contributed by atoms with E-state index in [-0.39, 0.29) is 0 Å². The molecule has 0 atom stereocenters. The second-order valence-electron chi connectivity index (χ2n) is 4.59. The van der Waals surface area contributed by atoms with E-state index in [1.54, 1.807) is 18.0 Å². The first kappa shape index (κ1) is 16.2. The molecule has 2 heterocycles. The van der Waals surface area contributed by atoms with Gasteiger partial charge in [0.05, 0.1) is 4.47 Å². The first-order valence-electron chi connectivity index (χ1n) is 7.05. The number of hydrogen-bond acceptors (Lipinski definition) is 5. The molecule has 0 unspecified atom stereocenters. The molecule has 0 saturated carbocycles.